The molecule has 9 aromatic carbocycles. The topological polar surface area (TPSA) is 0 Å². The van der Waals surface area contributed by atoms with Crippen molar-refractivity contribution >= 4 is 28.5 Å². The molecule has 0 amide bonds. The Morgan fingerprint density at radius 3 is 1.46 bits per heavy atom. The van der Waals surface area contributed by atoms with Crippen molar-refractivity contribution in [2.45, 2.75) is 161 Å². The van der Waals surface area contributed by atoms with Gasteiger partial charge in [0.05, 0.1) is 5.41 Å². The summed E-state index contributed by atoms with van der Waals surface area (Å²) in [4.78, 5) is 0. The van der Waals surface area contributed by atoms with Crippen molar-refractivity contribution in [3.05, 3.63) is 290 Å². The van der Waals surface area contributed by atoms with Gasteiger partial charge >= 0.3 is 0 Å². The molecule has 1 atom stereocenters. The highest BCUT2D eigenvalue weighted by atomic mass is 14.5. The van der Waals surface area contributed by atoms with Crippen LogP contribution < -0.4 is 0 Å². The van der Waals surface area contributed by atoms with Gasteiger partial charge in [0.2, 0.25) is 0 Å². The van der Waals surface area contributed by atoms with Crippen molar-refractivity contribution in [3.8, 4) is 33.4 Å². The Labute approximate surface area is 509 Å². The van der Waals surface area contributed by atoms with Gasteiger partial charge in [0.15, 0.2) is 0 Å². The summed E-state index contributed by atoms with van der Waals surface area (Å²) in [5.74, 6) is 0. The average molecular weight is 1110 g/mol. The predicted molar refractivity (Wildman–Crippen MR) is 376 cm³/mol. The fraction of sp³-hybridized carbons (Fsp3) is 0.286. The number of fused-ring (bicyclic) bond motifs is 13. The SMILES string of the molecule is C/C=C\C1=C(CC)c2ccccc2C12c1ccccc1-c1cc(C)ccc12.CC.CC.CCC.CCC.Cc1ccc2c3c(c4c(c2c1)C=CCC4)CCC=C3.Cc1cccc(-c2ccc(C)c(-c3ccccc3C)c2)c1.Cc1ccccc1. The second kappa shape index (κ2) is 32.3. The standard InChI is InChI=1S/C27H24.C21H20.C19H18.C7H8.2C3H8.2C2H6/c1-4-10-23-19(5-2)20-11-6-8-13-24(20)27(23)25-14-9-7-12-21(25)22-17-18(3)15-16-26(22)27;1-15-7-6-9-18(13-15)19-12-11-17(3)21(14-19)20-10-5-4-8-16(20)2;1-13-10-11-18-16-8-3-2-6-14(16)15-7-4-5-9-17(15)19(18)12-13;1-7-5-3-2-4-6-7;2*1-3-2;2*1-2/h4,6-17H,5H2,1-3H3;4-14H,1-3H3;3,5,8-12H,2,4,6-7H2,1H3;2-6H,1H3;2*3H2,1-2H3;2*1-2H3/b10-4-;;;;;;;. The van der Waals surface area contributed by atoms with Crippen LogP contribution in [0.1, 0.15) is 179 Å². The fourth-order valence-electron chi connectivity index (χ4n) is 12.2. The first-order valence-electron chi connectivity index (χ1n) is 31.8. The minimum Gasteiger partial charge on any atom is -0.0873 e. The maximum Gasteiger partial charge on any atom is 0.0722 e. The lowest BCUT2D eigenvalue weighted by Gasteiger charge is -2.31. The van der Waals surface area contributed by atoms with Crippen molar-refractivity contribution in [3.63, 3.8) is 0 Å². The Balaban J connectivity index is 0.000000180. The summed E-state index contributed by atoms with van der Waals surface area (Å²) in [7, 11) is 0. The lowest BCUT2D eigenvalue weighted by molar-refractivity contribution is 0.784. The molecule has 84 heavy (non-hydrogen) atoms. The molecule has 13 rings (SSSR count). The van der Waals surface area contributed by atoms with E-state index in [4.69, 9.17) is 0 Å². The molecule has 0 aromatic heterocycles. The van der Waals surface area contributed by atoms with Gasteiger partial charge in [0.25, 0.3) is 0 Å². The van der Waals surface area contributed by atoms with E-state index in [0.717, 1.165) is 6.42 Å². The van der Waals surface area contributed by atoms with E-state index < -0.39 is 0 Å². The second-order valence-electron chi connectivity index (χ2n) is 22.1. The summed E-state index contributed by atoms with van der Waals surface area (Å²) < 4.78 is 0. The van der Waals surface area contributed by atoms with Crippen LogP contribution >= 0.6 is 0 Å². The molecule has 9 aromatic rings. The number of allylic oxidation sites excluding steroid dienone is 6. The fourth-order valence-corrected chi connectivity index (χ4v) is 12.2. The Morgan fingerprint density at radius 1 is 0.393 bits per heavy atom. The summed E-state index contributed by atoms with van der Waals surface area (Å²) in [6.45, 7) is 33.9. The van der Waals surface area contributed by atoms with E-state index in [0.29, 0.717) is 0 Å². The molecule has 0 nitrogen and oxygen atoms in total. The number of aryl methyl sites for hydroxylation is 6. The minimum absolute atomic E-state index is 0.186. The van der Waals surface area contributed by atoms with Crippen LogP contribution in [0.3, 0.4) is 0 Å². The molecular weight excluding hydrogens is 1010 g/mol. The first-order chi connectivity index (χ1) is 40.9. The van der Waals surface area contributed by atoms with E-state index in [1.165, 1.54) is 161 Å². The van der Waals surface area contributed by atoms with Gasteiger partial charge in [0, 0.05) is 0 Å². The molecule has 434 valence electrons. The van der Waals surface area contributed by atoms with E-state index in [2.05, 4.69) is 283 Å². The van der Waals surface area contributed by atoms with E-state index >= 15 is 0 Å². The summed E-state index contributed by atoms with van der Waals surface area (Å²) in [6, 6.07) is 66.2. The molecule has 0 fully saturated rings. The number of benzene rings is 9. The molecule has 0 bridgehead atoms. The smallest absolute Gasteiger partial charge is 0.0722 e. The van der Waals surface area contributed by atoms with Gasteiger partial charge in [-0.05, 0) is 198 Å². The molecule has 1 unspecified atom stereocenters. The maximum atomic E-state index is 2.36. The third kappa shape index (κ3) is 14.6. The quantitative estimate of drug-likeness (QED) is 0.165. The highest BCUT2D eigenvalue weighted by Gasteiger charge is 2.51. The van der Waals surface area contributed by atoms with Crippen LogP contribution in [-0.4, -0.2) is 0 Å². The van der Waals surface area contributed by atoms with E-state index in [1.807, 2.05) is 45.9 Å². The zero-order chi connectivity index (χ0) is 60.8. The molecule has 0 saturated carbocycles. The summed E-state index contributed by atoms with van der Waals surface area (Å²) in [6.07, 6.45) is 22.3. The molecule has 0 N–H and O–H groups in total. The molecule has 0 saturated heterocycles. The molecule has 0 aliphatic heterocycles. The first-order valence-corrected chi connectivity index (χ1v) is 31.8. The maximum absolute atomic E-state index is 2.36. The van der Waals surface area contributed by atoms with E-state index in [-0.39, 0.29) is 5.41 Å². The van der Waals surface area contributed by atoms with Crippen LogP contribution in [0.2, 0.25) is 0 Å². The van der Waals surface area contributed by atoms with Gasteiger partial charge in [0.1, 0.15) is 0 Å². The van der Waals surface area contributed by atoms with Crippen LogP contribution in [0, 0.1) is 41.5 Å². The predicted octanol–water partition coefficient (Wildman–Crippen LogP) is 25.0. The van der Waals surface area contributed by atoms with Crippen molar-refractivity contribution in [1.29, 1.82) is 0 Å². The highest BCUT2D eigenvalue weighted by molar-refractivity contribution is 6.00. The van der Waals surface area contributed by atoms with Gasteiger partial charge in [-0.2, -0.15) is 0 Å². The summed E-state index contributed by atoms with van der Waals surface area (Å²) in [5, 5.41) is 2.87. The monoisotopic (exact) mass is 1110 g/mol. The molecular formula is C84H98. The van der Waals surface area contributed by atoms with Crippen LogP contribution in [0.5, 0.6) is 0 Å². The Hall–Kier alpha value is -7.80. The zero-order valence-electron chi connectivity index (χ0n) is 54.2. The Kier molecular flexibility index (Phi) is 25.1. The van der Waals surface area contributed by atoms with Gasteiger partial charge in [-0.1, -0.05) is 310 Å². The lowest BCUT2D eigenvalue weighted by Crippen LogP contribution is -2.26. The second-order valence-corrected chi connectivity index (χ2v) is 22.1. The van der Waals surface area contributed by atoms with Gasteiger partial charge < -0.3 is 0 Å². The highest BCUT2D eigenvalue weighted by Crippen LogP contribution is 2.62. The summed E-state index contributed by atoms with van der Waals surface area (Å²) >= 11 is 0. The Morgan fingerprint density at radius 2 is 0.881 bits per heavy atom. The van der Waals surface area contributed by atoms with Gasteiger partial charge in [-0.25, -0.2) is 0 Å². The van der Waals surface area contributed by atoms with Gasteiger partial charge in [-0.3, -0.25) is 0 Å². The lowest BCUT2D eigenvalue weighted by atomic mass is 9.69. The number of rotatable bonds is 4. The van der Waals surface area contributed by atoms with Crippen molar-refractivity contribution in [2.75, 3.05) is 0 Å². The van der Waals surface area contributed by atoms with E-state index in [9.17, 15) is 0 Å². The van der Waals surface area contributed by atoms with Crippen LogP contribution in [0.4, 0.5) is 0 Å². The average Bonchev–Trinajstić information content (AvgIpc) is 1.63. The molecule has 0 heterocycles. The minimum atomic E-state index is -0.186. The first kappa shape index (κ1) is 65.4. The van der Waals surface area contributed by atoms with Crippen molar-refractivity contribution in [1.82, 2.24) is 0 Å². The van der Waals surface area contributed by atoms with Crippen LogP contribution in [0.25, 0.3) is 61.9 Å². The normalized spacial score (nSPS) is 14.0. The van der Waals surface area contributed by atoms with E-state index in [1.54, 1.807) is 11.1 Å². The van der Waals surface area contributed by atoms with Gasteiger partial charge in [-0.15, -0.1) is 0 Å². The molecule has 1 spiro atoms. The third-order valence-corrected chi connectivity index (χ3v) is 15.7. The van der Waals surface area contributed by atoms with Crippen molar-refractivity contribution in [2.24, 2.45) is 0 Å². The largest absolute Gasteiger partial charge is 0.0873 e. The number of hydrogen-bond acceptors (Lipinski definition) is 0. The third-order valence-electron chi connectivity index (χ3n) is 15.7. The van der Waals surface area contributed by atoms with Crippen LogP contribution in [0.15, 0.2) is 212 Å². The molecule has 4 aliphatic carbocycles. The number of hydrogen-bond donors (Lipinski definition) is 0. The molecule has 0 heteroatoms. The van der Waals surface area contributed by atoms with Crippen molar-refractivity contribution < 1.29 is 0 Å². The summed E-state index contributed by atoms with van der Waals surface area (Å²) in [5.41, 5.74) is 30.5. The zero-order valence-corrected chi connectivity index (χ0v) is 54.2. The van der Waals surface area contributed by atoms with Crippen LogP contribution in [-0.2, 0) is 18.3 Å². The molecule has 0 radical (unpaired) electrons. The Bertz CT molecular complexity index is 3700. The molecule has 4 aliphatic rings.